The van der Waals surface area contributed by atoms with Crippen LogP contribution in [0.3, 0.4) is 0 Å². The number of aryl methyl sites for hydroxylation is 2. The summed E-state index contributed by atoms with van der Waals surface area (Å²) in [6, 6.07) is 15.0. The molecule has 2 aromatic heterocycles. The number of amides is 2. The second-order valence-electron chi connectivity index (χ2n) is 10.4. The van der Waals surface area contributed by atoms with E-state index in [0.717, 1.165) is 11.1 Å². The third-order valence-corrected chi connectivity index (χ3v) is 5.99. The number of hydrogen-bond donors (Lipinski definition) is 1. The van der Waals surface area contributed by atoms with Crippen molar-refractivity contribution in [3.63, 3.8) is 0 Å². The minimum Gasteiger partial charge on any atom is -0.493 e. The predicted molar refractivity (Wildman–Crippen MR) is 149 cm³/mol. The van der Waals surface area contributed by atoms with Crippen molar-refractivity contribution in [2.45, 2.75) is 52.7 Å². The zero-order valence-corrected chi connectivity index (χ0v) is 23.8. The van der Waals surface area contributed by atoms with Gasteiger partial charge in [-0.25, -0.2) is 0 Å². The molecule has 210 valence electrons. The maximum atomic E-state index is 14.1. The van der Waals surface area contributed by atoms with Crippen molar-refractivity contribution in [3.8, 4) is 22.9 Å². The van der Waals surface area contributed by atoms with Gasteiger partial charge < -0.3 is 19.2 Å². The van der Waals surface area contributed by atoms with Crippen LogP contribution in [0.4, 0.5) is 5.69 Å². The van der Waals surface area contributed by atoms with Gasteiger partial charge in [-0.05, 0) is 64.1 Å². The molecule has 0 saturated carbocycles. The fourth-order valence-corrected chi connectivity index (χ4v) is 4.15. The predicted octanol–water partition coefficient (Wildman–Crippen LogP) is 4.26. The Hall–Kier alpha value is -4.67. The Morgan fingerprint density at radius 2 is 1.70 bits per heavy atom. The van der Waals surface area contributed by atoms with E-state index in [0.29, 0.717) is 34.5 Å². The molecule has 4 aromatic rings. The molecule has 1 N–H and O–H groups in total. The summed E-state index contributed by atoms with van der Waals surface area (Å²) in [6.45, 7) is 9.07. The average molecular weight is 547 g/mol. The normalized spacial score (nSPS) is 12.1. The van der Waals surface area contributed by atoms with Crippen molar-refractivity contribution < 1.29 is 23.5 Å². The van der Waals surface area contributed by atoms with Crippen molar-refractivity contribution in [2.75, 3.05) is 19.1 Å². The average Bonchev–Trinajstić information content (AvgIpc) is 3.54. The number of ether oxygens (including phenoxy) is 2. The molecule has 4 rings (SSSR count). The summed E-state index contributed by atoms with van der Waals surface area (Å²) >= 11 is 0. The van der Waals surface area contributed by atoms with Crippen molar-refractivity contribution in [1.29, 1.82) is 0 Å². The van der Waals surface area contributed by atoms with Crippen LogP contribution >= 0.6 is 0 Å². The lowest BCUT2D eigenvalue weighted by Gasteiger charge is -2.32. The van der Waals surface area contributed by atoms with Gasteiger partial charge in [-0.2, -0.15) is 4.80 Å². The minimum atomic E-state index is -1.14. The molecule has 0 fully saturated rings. The van der Waals surface area contributed by atoms with Crippen LogP contribution in [0.5, 0.6) is 11.5 Å². The number of furan rings is 1. The maximum absolute atomic E-state index is 14.1. The van der Waals surface area contributed by atoms with Gasteiger partial charge in [0.15, 0.2) is 17.5 Å². The molecule has 40 heavy (non-hydrogen) atoms. The number of nitrogens with zero attached hydrogens (tertiary/aromatic N) is 5. The molecule has 1 atom stereocenters. The molecular formula is C29H34N6O5. The molecule has 2 aromatic carbocycles. The molecule has 11 heteroatoms. The van der Waals surface area contributed by atoms with E-state index < -0.39 is 23.4 Å². The Bertz CT molecular complexity index is 1490. The highest BCUT2D eigenvalue weighted by molar-refractivity contribution is 6.01. The van der Waals surface area contributed by atoms with Crippen molar-refractivity contribution >= 4 is 17.5 Å². The summed E-state index contributed by atoms with van der Waals surface area (Å²) in [5, 5.41) is 15.6. The zero-order chi connectivity index (χ0) is 29.0. The van der Waals surface area contributed by atoms with E-state index in [1.165, 1.54) is 23.9 Å². The van der Waals surface area contributed by atoms with Gasteiger partial charge in [-0.3, -0.25) is 14.5 Å². The van der Waals surface area contributed by atoms with Crippen LogP contribution in [0, 0.1) is 13.8 Å². The highest BCUT2D eigenvalue weighted by atomic mass is 16.5. The second-order valence-corrected chi connectivity index (χ2v) is 10.4. The molecule has 0 saturated heterocycles. The molecule has 11 nitrogen and oxygen atoms in total. The van der Waals surface area contributed by atoms with E-state index >= 15 is 0 Å². The van der Waals surface area contributed by atoms with Crippen molar-refractivity contribution in [1.82, 2.24) is 25.5 Å². The fraction of sp³-hybridized carbons (Fsp3) is 0.345. The Kier molecular flexibility index (Phi) is 8.22. The molecule has 0 bridgehead atoms. The number of aromatic nitrogens is 4. The zero-order valence-electron chi connectivity index (χ0n) is 23.8. The first-order valence-corrected chi connectivity index (χ1v) is 12.8. The highest BCUT2D eigenvalue weighted by Gasteiger charge is 2.37. The molecule has 2 heterocycles. The number of hydrogen-bond acceptors (Lipinski definition) is 8. The van der Waals surface area contributed by atoms with Gasteiger partial charge in [0.1, 0.15) is 18.1 Å². The number of tetrazole rings is 1. The summed E-state index contributed by atoms with van der Waals surface area (Å²) in [6.07, 6.45) is 0. The van der Waals surface area contributed by atoms with Crippen LogP contribution in [0.2, 0.25) is 0 Å². The Morgan fingerprint density at radius 3 is 2.30 bits per heavy atom. The van der Waals surface area contributed by atoms with E-state index in [9.17, 15) is 9.59 Å². The van der Waals surface area contributed by atoms with Crippen molar-refractivity contribution in [2.24, 2.45) is 0 Å². The lowest BCUT2D eigenvalue weighted by Crippen LogP contribution is -2.50. The molecule has 2 amide bonds. The molecule has 0 aliphatic rings. The molecule has 0 aliphatic heterocycles. The van der Waals surface area contributed by atoms with E-state index in [1.54, 1.807) is 37.3 Å². The Balaban J connectivity index is 1.77. The van der Waals surface area contributed by atoms with Gasteiger partial charge in [-0.15, -0.1) is 10.2 Å². The summed E-state index contributed by atoms with van der Waals surface area (Å²) in [5.41, 5.74) is 1.70. The van der Waals surface area contributed by atoms with E-state index in [4.69, 9.17) is 13.9 Å². The van der Waals surface area contributed by atoms with Gasteiger partial charge in [0.25, 0.3) is 11.8 Å². The summed E-state index contributed by atoms with van der Waals surface area (Å²) in [7, 11) is 3.02. The molecule has 0 spiro atoms. The SMILES string of the molecule is COc1ccc(N(C(=O)Cn2nnc(-c3ccc(C)cc3)n2)[C@H](C(=O)NC(C)(C)C)c2ccc(C)o2)cc1OC. The van der Waals surface area contributed by atoms with Crippen LogP contribution in [-0.2, 0) is 16.1 Å². The number of rotatable bonds is 9. The maximum Gasteiger partial charge on any atom is 0.251 e. The number of nitrogens with one attached hydrogen (secondary N) is 1. The van der Waals surface area contributed by atoms with Crippen LogP contribution in [0.1, 0.15) is 43.9 Å². The third kappa shape index (κ3) is 6.48. The third-order valence-electron chi connectivity index (χ3n) is 5.99. The number of carbonyl (C=O) groups excluding carboxylic acids is 2. The monoisotopic (exact) mass is 546 g/mol. The van der Waals surface area contributed by atoms with Crippen LogP contribution < -0.4 is 19.7 Å². The van der Waals surface area contributed by atoms with Gasteiger partial charge in [0.2, 0.25) is 5.82 Å². The van der Waals surface area contributed by atoms with E-state index in [2.05, 4.69) is 20.7 Å². The second kappa shape index (κ2) is 11.6. The molecule has 0 aliphatic carbocycles. The Morgan fingerprint density at radius 1 is 1.00 bits per heavy atom. The van der Waals surface area contributed by atoms with Gasteiger partial charge in [0.05, 0.1) is 14.2 Å². The first-order chi connectivity index (χ1) is 19.0. The van der Waals surface area contributed by atoms with E-state index in [1.807, 2.05) is 52.0 Å². The summed E-state index contributed by atoms with van der Waals surface area (Å²) in [4.78, 5) is 30.4. The number of methoxy groups -OCH3 is 2. The standard InChI is InChI=1S/C29H34N6O5/c1-18-8-11-20(12-9-18)27-31-33-34(32-27)17-25(36)35(21-13-15-22(38-6)24(16-21)39-7)26(23-14-10-19(2)40-23)28(37)30-29(3,4)5/h8-16,26H,17H2,1-7H3,(H,30,37)/t26-/m0/s1. The van der Waals surface area contributed by atoms with Gasteiger partial charge in [0, 0.05) is 22.9 Å². The highest BCUT2D eigenvalue weighted by Crippen LogP contribution is 2.36. The van der Waals surface area contributed by atoms with Gasteiger partial charge >= 0.3 is 0 Å². The quantitative estimate of drug-likeness (QED) is 0.330. The number of benzene rings is 2. The van der Waals surface area contributed by atoms with Crippen LogP contribution in [-0.4, -0.2) is 51.8 Å². The minimum absolute atomic E-state index is 0.286. The molecule has 0 unspecified atom stereocenters. The lowest BCUT2D eigenvalue weighted by molar-refractivity contribution is -0.128. The topological polar surface area (TPSA) is 125 Å². The van der Waals surface area contributed by atoms with Gasteiger partial charge in [-0.1, -0.05) is 29.8 Å². The van der Waals surface area contributed by atoms with Crippen LogP contribution in [0.25, 0.3) is 11.4 Å². The lowest BCUT2D eigenvalue weighted by atomic mass is 10.1. The van der Waals surface area contributed by atoms with E-state index in [-0.39, 0.29) is 6.54 Å². The number of anilines is 1. The first kappa shape index (κ1) is 28.3. The van der Waals surface area contributed by atoms with Crippen molar-refractivity contribution in [3.05, 3.63) is 71.7 Å². The summed E-state index contributed by atoms with van der Waals surface area (Å²) < 4.78 is 16.8. The fourth-order valence-electron chi connectivity index (χ4n) is 4.15. The Labute approximate surface area is 233 Å². The molecule has 0 radical (unpaired) electrons. The largest absolute Gasteiger partial charge is 0.493 e. The first-order valence-electron chi connectivity index (χ1n) is 12.8. The molecular weight excluding hydrogens is 512 g/mol. The number of carbonyl (C=O) groups is 2. The van der Waals surface area contributed by atoms with Crippen LogP contribution in [0.15, 0.2) is 59.0 Å². The summed E-state index contributed by atoms with van der Waals surface area (Å²) in [5.74, 6) is 1.26. The smallest absolute Gasteiger partial charge is 0.251 e.